The van der Waals surface area contributed by atoms with Crippen molar-refractivity contribution in [2.24, 2.45) is 0 Å². The second-order valence-electron chi connectivity index (χ2n) is 6.30. The highest BCUT2D eigenvalue weighted by molar-refractivity contribution is 7.91. The van der Waals surface area contributed by atoms with E-state index in [-0.39, 0.29) is 11.5 Å². The van der Waals surface area contributed by atoms with Gasteiger partial charge in [-0.05, 0) is 32.3 Å². The third-order valence-corrected chi connectivity index (χ3v) is 6.26. The van der Waals surface area contributed by atoms with Gasteiger partial charge in [0.05, 0.1) is 17.0 Å². The zero-order valence-corrected chi connectivity index (χ0v) is 15.9. The Kier molecular flexibility index (Phi) is 5.85. The van der Waals surface area contributed by atoms with Gasteiger partial charge in [-0.25, -0.2) is 18.4 Å². The number of hydrogen-bond donors (Lipinski definition) is 1. The monoisotopic (exact) mass is 352 g/mol. The number of aryl methyl sites for hydroxylation is 4. The number of hydrogen-bond acceptors (Lipinski definition) is 5. The summed E-state index contributed by atoms with van der Waals surface area (Å²) in [6.07, 6.45) is 2.99. The van der Waals surface area contributed by atoms with Crippen LogP contribution in [0.1, 0.15) is 50.2 Å². The van der Waals surface area contributed by atoms with Crippen molar-refractivity contribution in [2.45, 2.75) is 59.9 Å². The van der Waals surface area contributed by atoms with Crippen molar-refractivity contribution < 1.29 is 8.42 Å². The molecule has 24 heavy (non-hydrogen) atoms. The lowest BCUT2D eigenvalue weighted by Crippen LogP contribution is -2.14. The molecule has 0 unspecified atom stereocenters. The van der Waals surface area contributed by atoms with Crippen molar-refractivity contribution in [3.8, 4) is 0 Å². The van der Waals surface area contributed by atoms with Crippen LogP contribution in [0.15, 0.2) is 0 Å². The predicted molar refractivity (Wildman–Crippen MR) is 99.0 cm³/mol. The fourth-order valence-corrected chi connectivity index (χ4v) is 4.47. The Labute approximate surface area is 144 Å². The van der Waals surface area contributed by atoms with Gasteiger partial charge in [-0.15, -0.1) is 0 Å². The highest BCUT2D eigenvalue weighted by Gasteiger charge is 2.17. The van der Waals surface area contributed by atoms with Crippen LogP contribution in [-0.4, -0.2) is 34.5 Å². The van der Waals surface area contributed by atoms with Crippen molar-refractivity contribution in [1.29, 1.82) is 0 Å². The Morgan fingerprint density at radius 2 is 1.75 bits per heavy atom. The van der Waals surface area contributed by atoms with E-state index in [1.54, 1.807) is 0 Å². The molecule has 2 rings (SSSR count). The molecule has 7 heteroatoms. The van der Waals surface area contributed by atoms with E-state index in [4.69, 9.17) is 5.73 Å². The molecule has 0 fully saturated rings. The average Bonchev–Trinajstić information content (AvgIpc) is 2.90. The summed E-state index contributed by atoms with van der Waals surface area (Å²) in [5.74, 6) is 1.87. The third kappa shape index (κ3) is 3.88. The van der Waals surface area contributed by atoms with Crippen LogP contribution in [0.4, 0.5) is 5.82 Å². The van der Waals surface area contributed by atoms with E-state index in [1.807, 2.05) is 27.7 Å². The fraction of sp³-hybridized carbons (Fsp3) is 0.647. The van der Waals surface area contributed by atoms with E-state index in [2.05, 4.69) is 14.5 Å². The summed E-state index contributed by atoms with van der Waals surface area (Å²) >= 11 is 0. The molecule has 0 bridgehead atoms. The van der Waals surface area contributed by atoms with Crippen LogP contribution in [0.25, 0.3) is 11.0 Å². The number of nitrogens with zero attached hydrogens (tertiary/aromatic N) is 3. The maximum atomic E-state index is 12.1. The van der Waals surface area contributed by atoms with Crippen LogP contribution in [0.5, 0.6) is 0 Å². The van der Waals surface area contributed by atoms with Crippen molar-refractivity contribution in [3.63, 3.8) is 0 Å². The quantitative estimate of drug-likeness (QED) is 0.789. The average molecular weight is 353 g/mol. The highest BCUT2D eigenvalue weighted by Crippen LogP contribution is 2.26. The first-order valence-electron chi connectivity index (χ1n) is 8.62. The molecule has 0 saturated heterocycles. The summed E-state index contributed by atoms with van der Waals surface area (Å²) < 4.78 is 26.2. The summed E-state index contributed by atoms with van der Waals surface area (Å²) in [6.45, 7) is 8.63. The van der Waals surface area contributed by atoms with Gasteiger partial charge in [0.15, 0.2) is 5.82 Å². The van der Waals surface area contributed by atoms with Gasteiger partial charge in [-0.3, -0.25) is 0 Å². The second-order valence-corrected chi connectivity index (χ2v) is 8.60. The van der Waals surface area contributed by atoms with Gasteiger partial charge in [-0.1, -0.05) is 20.3 Å². The normalized spacial score (nSPS) is 12.2. The van der Waals surface area contributed by atoms with Gasteiger partial charge >= 0.3 is 0 Å². The summed E-state index contributed by atoms with van der Waals surface area (Å²) in [7, 11) is -2.97. The molecular formula is C17H28N4O2S. The van der Waals surface area contributed by atoms with Crippen LogP contribution in [0, 0.1) is 13.8 Å². The van der Waals surface area contributed by atoms with Gasteiger partial charge in [0, 0.05) is 18.7 Å². The molecule has 2 heterocycles. The second kappa shape index (κ2) is 7.51. The molecule has 0 saturated carbocycles. The van der Waals surface area contributed by atoms with Crippen molar-refractivity contribution in [1.82, 2.24) is 14.5 Å². The lowest BCUT2D eigenvalue weighted by atomic mass is 10.2. The van der Waals surface area contributed by atoms with Crippen LogP contribution in [0.2, 0.25) is 0 Å². The van der Waals surface area contributed by atoms with E-state index in [0.29, 0.717) is 18.8 Å². The molecule has 2 N–H and O–H groups in total. The number of imidazole rings is 1. The standard InChI is InChI=1S/C17H28N4O2S/c1-5-7-10-24(22,23)11-8-9-21-14(6-2)20-15-16(21)12(3)13(4)19-17(15)18/h5-11H2,1-4H3,(H2,18,19). The van der Waals surface area contributed by atoms with Crippen LogP contribution >= 0.6 is 0 Å². The number of sulfone groups is 1. The maximum absolute atomic E-state index is 12.1. The lowest BCUT2D eigenvalue weighted by Gasteiger charge is -2.11. The number of aromatic nitrogens is 3. The molecule has 134 valence electrons. The summed E-state index contributed by atoms with van der Waals surface area (Å²) in [6, 6.07) is 0. The molecule has 0 amide bonds. The minimum Gasteiger partial charge on any atom is -0.382 e. The fourth-order valence-electron chi connectivity index (χ4n) is 2.97. The molecule has 0 spiro atoms. The highest BCUT2D eigenvalue weighted by atomic mass is 32.2. The molecule has 0 atom stereocenters. The van der Waals surface area contributed by atoms with Gasteiger partial charge in [0.2, 0.25) is 0 Å². The molecule has 0 aliphatic heterocycles. The smallest absolute Gasteiger partial charge is 0.151 e. The van der Waals surface area contributed by atoms with Crippen LogP contribution in [0.3, 0.4) is 0 Å². The third-order valence-electron chi connectivity index (χ3n) is 4.44. The number of anilines is 1. The summed E-state index contributed by atoms with van der Waals surface area (Å²) in [5.41, 5.74) is 9.69. The number of unbranched alkanes of at least 4 members (excludes halogenated alkanes) is 1. The number of pyridine rings is 1. The van der Waals surface area contributed by atoms with E-state index in [0.717, 1.165) is 47.4 Å². The van der Waals surface area contributed by atoms with Crippen LogP contribution < -0.4 is 5.73 Å². The number of nitrogen functional groups attached to an aromatic ring is 1. The van der Waals surface area contributed by atoms with E-state index in [1.165, 1.54) is 0 Å². The molecule has 0 radical (unpaired) electrons. The zero-order valence-electron chi connectivity index (χ0n) is 15.1. The Morgan fingerprint density at radius 1 is 1.08 bits per heavy atom. The first-order valence-corrected chi connectivity index (χ1v) is 10.4. The van der Waals surface area contributed by atoms with E-state index >= 15 is 0 Å². The Hall–Kier alpha value is -1.63. The molecule has 0 aromatic carbocycles. The minimum atomic E-state index is -2.97. The lowest BCUT2D eigenvalue weighted by molar-refractivity contribution is 0.582. The predicted octanol–water partition coefficient (Wildman–Crippen LogP) is 2.80. The van der Waals surface area contributed by atoms with Crippen molar-refractivity contribution in [3.05, 3.63) is 17.1 Å². The largest absolute Gasteiger partial charge is 0.382 e. The molecule has 0 aliphatic carbocycles. The van der Waals surface area contributed by atoms with E-state index in [9.17, 15) is 8.42 Å². The molecule has 6 nitrogen and oxygen atoms in total. The Bertz CT molecular complexity index is 825. The topological polar surface area (TPSA) is 90.9 Å². The molecule has 2 aromatic rings. The van der Waals surface area contributed by atoms with Gasteiger partial charge in [0.25, 0.3) is 0 Å². The first-order chi connectivity index (χ1) is 11.3. The van der Waals surface area contributed by atoms with Gasteiger partial charge in [0.1, 0.15) is 21.2 Å². The van der Waals surface area contributed by atoms with Crippen molar-refractivity contribution in [2.75, 3.05) is 17.2 Å². The minimum absolute atomic E-state index is 0.217. The Morgan fingerprint density at radius 3 is 2.38 bits per heavy atom. The Balaban J connectivity index is 2.28. The number of rotatable bonds is 8. The van der Waals surface area contributed by atoms with Crippen molar-refractivity contribution >= 4 is 26.7 Å². The first kappa shape index (κ1) is 18.7. The number of fused-ring (bicyclic) bond motifs is 1. The van der Waals surface area contributed by atoms with Crippen LogP contribution in [-0.2, 0) is 22.8 Å². The molecular weight excluding hydrogens is 324 g/mol. The van der Waals surface area contributed by atoms with Gasteiger partial charge in [-0.2, -0.15) is 0 Å². The summed E-state index contributed by atoms with van der Waals surface area (Å²) in [4.78, 5) is 8.97. The SMILES string of the molecule is CCCCS(=O)(=O)CCCn1c(CC)nc2c(N)nc(C)c(C)c21. The molecule has 2 aromatic heterocycles. The summed E-state index contributed by atoms with van der Waals surface area (Å²) in [5, 5.41) is 0. The van der Waals surface area contributed by atoms with E-state index < -0.39 is 9.84 Å². The number of nitrogens with two attached hydrogens (primary N) is 1. The maximum Gasteiger partial charge on any atom is 0.151 e. The van der Waals surface area contributed by atoms with Gasteiger partial charge < -0.3 is 10.3 Å². The molecule has 0 aliphatic rings. The zero-order chi connectivity index (χ0) is 17.9.